The van der Waals surface area contributed by atoms with E-state index in [-0.39, 0.29) is 12.6 Å². The van der Waals surface area contributed by atoms with Crippen molar-refractivity contribution in [2.45, 2.75) is 10.9 Å². The highest BCUT2D eigenvalue weighted by Gasteiger charge is 2.27. The monoisotopic (exact) mass is 385 g/mol. The van der Waals surface area contributed by atoms with Gasteiger partial charge < -0.3 is 9.30 Å². The van der Waals surface area contributed by atoms with Gasteiger partial charge in [0.2, 0.25) is 10.0 Å². The van der Waals surface area contributed by atoms with E-state index in [1.54, 1.807) is 0 Å². The fraction of sp³-hybridized carbons (Fsp3) is 0.412. The molecular weight excluding hydrogens is 364 g/mol. The number of hydrogen-bond acceptors (Lipinski definition) is 4. The molecule has 1 N–H and O–H groups in total. The van der Waals surface area contributed by atoms with Crippen LogP contribution in [0.4, 0.5) is 8.78 Å². The van der Waals surface area contributed by atoms with Crippen LogP contribution in [0.1, 0.15) is 11.7 Å². The van der Waals surface area contributed by atoms with Crippen molar-refractivity contribution >= 4 is 10.0 Å². The van der Waals surface area contributed by atoms with Gasteiger partial charge in [0, 0.05) is 38.6 Å². The Kier molecular flexibility index (Phi) is 5.71. The maximum atomic E-state index is 13.9. The minimum absolute atomic E-state index is 0.0378. The number of morpholine rings is 1. The highest BCUT2D eigenvalue weighted by molar-refractivity contribution is 7.89. The van der Waals surface area contributed by atoms with Crippen LogP contribution >= 0.6 is 0 Å². The van der Waals surface area contributed by atoms with Crippen LogP contribution in [0.3, 0.4) is 0 Å². The summed E-state index contributed by atoms with van der Waals surface area (Å²) in [7, 11) is -2.30. The lowest BCUT2D eigenvalue weighted by atomic mass is 10.1. The van der Waals surface area contributed by atoms with Crippen molar-refractivity contribution in [2.24, 2.45) is 7.05 Å². The molecule has 1 fully saturated rings. The molecule has 0 amide bonds. The molecule has 0 saturated carbocycles. The number of aryl methyl sites for hydroxylation is 1. The van der Waals surface area contributed by atoms with E-state index in [2.05, 4.69) is 9.62 Å². The van der Waals surface area contributed by atoms with Gasteiger partial charge in [0.1, 0.15) is 16.5 Å². The molecule has 0 aliphatic carbocycles. The molecule has 2 heterocycles. The zero-order chi connectivity index (χ0) is 18.7. The molecule has 0 spiro atoms. The SMILES string of the molecule is Cn1cccc1C(CNS(=O)(=O)c1cc(F)ccc1F)N1CCOCC1. The zero-order valence-corrected chi connectivity index (χ0v) is 15.2. The van der Waals surface area contributed by atoms with Crippen LogP contribution in [-0.4, -0.2) is 50.7 Å². The lowest BCUT2D eigenvalue weighted by molar-refractivity contribution is 0.0158. The number of nitrogens with zero attached hydrogens (tertiary/aromatic N) is 2. The van der Waals surface area contributed by atoms with Gasteiger partial charge in [-0.1, -0.05) is 0 Å². The number of halogens is 2. The summed E-state index contributed by atoms with van der Waals surface area (Å²) in [6.45, 7) is 2.48. The van der Waals surface area contributed by atoms with Gasteiger partial charge in [-0.3, -0.25) is 4.90 Å². The molecule has 0 bridgehead atoms. The standard InChI is InChI=1S/C17H21F2N3O3S/c1-21-6-2-3-15(21)16(22-7-9-25-10-8-22)12-20-26(23,24)17-11-13(18)4-5-14(17)19/h2-6,11,16,20H,7-10,12H2,1H3. The molecule has 142 valence electrons. The van der Waals surface area contributed by atoms with Crippen molar-refractivity contribution in [3.63, 3.8) is 0 Å². The predicted octanol–water partition coefficient (Wildman–Crippen LogP) is 1.66. The second kappa shape index (κ2) is 7.83. The maximum Gasteiger partial charge on any atom is 0.243 e. The van der Waals surface area contributed by atoms with E-state index in [9.17, 15) is 17.2 Å². The quantitative estimate of drug-likeness (QED) is 0.822. The van der Waals surface area contributed by atoms with Crippen molar-refractivity contribution < 1.29 is 21.9 Å². The number of sulfonamides is 1. The van der Waals surface area contributed by atoms with Crippen molar-refractivity contribution in [3.8, 4) is 0 Å². The van der Waals surface area contributed by atoms with Crippen LogP contribution in [0.25, 0.3) is 0 Å². The fourth-order valence-corrected chi connectivity index (χ4v) is 4.21. The number of nitrogens with one attached hydrogen (secondary N) is 1. The van der Waals surface area contributed by atoms with E-state index < -0.39 is 26.6 Å². The first kappa shape index (κ1) is 19.0. The lowest BCUT2D eigenvalue weighted by Crippen LogP contribution is -2.44. The van der Waals surface area contributed by atoms with Crippen LogP contribution in [-0.2, 0) is 21.8 Å². The number of rotatable bonds is 6. The summed E-state index contributed by atoms with van der Waals surface area (Å²) >= 11 is 0. The molecule has 1 aromatic carbocycles. The van der Waals surface area contributed by atoms with Crippen LogP contribution in [0.15, 0.2) is 41.4 Å². The molecular formula is C17H21F2N3O3S. The lowest BCUT2D eigenvalue weighted by Gasteiger charge is -2.34. The van der Waals surface area contributed by atoms with Gasteiger partial charge in [0.05, 0.1) is 19.3 Å². The Morgan fingerprint density at radius 1 is 1.23 bits per heavy atom. The minimum Gasteiger partial charge on any atom is -0.379 e. The zero-order valence-electron chi connectivity index (χ0n) is 14.4. The Labute approximate surface area is 151 Å². The summed E-state index contributed by atoms with van der Waals surface area (Å²) in [5.41, 5.74) is 0.925. The number of ether oxygens (including phenoxy) is 1. The maximum absolute atomic E-state index is 13.9. The third-order valence-corrected chi connectivity index (χ3v) is 5.90. The molecule has 1 aromatic heterocycles. The van der Waals surface area contributed by atoms with E-state index in [0.29, 0.717) is 32.4 Å². The average molecular weight is 385 g/mol. The third-order valence-electron chi connectivity index (χ3n) is 4.46. The van der Waals surface area contributed by atoms with Crippen molar-refractivity contribution in [1.82, 2.24) is 14.2 Å². The van der Waals surface area contributed by atoms with Crippen LogP contribution in [0.5, 0.6) is 0 Å². The van der Waals surface area contributed by atoms with Crippen molar-refractivity contribution in [1.29, 1.82) is 0 Å². The molecule has 1 unspecified atom stereocenters. The predicted molar refractivity (Wildman–Crippen MR) is 92.1 cm³/mol. The molecule has 26 heavy (non-hydrogen) atoms. The smallest absolute Gasteiger partial charge is 0.243 e. The largest absolute Gasteiger partial charge is 0.379 e. The van der Waals surface area contributed by atoms with Crippen LogP contribution in [0.2, 0.25) is 0 Å². The first-order chi connectivity index (χ1) is 12.4. The van der Waals surface area contributed by atoms with Gasteiger partial charge in [-0.2, -0.15) is 0 Å². The second-order valence-corrected chi connectivity index (χ2v) is 7.87. The Morgan fingerprint density at radius 2 is 1.96 bits per heavy atom. The molecule has 1 atom stereocenters. The molecule has 2 aromatic rings. The number of aromatic nitrogens is 1. The summed E-state index contributed by atoms with van der Waals surface area (Å²) < 4.78 is 61.9. The summed E-state index contributed by atoms with van der Waals surface area (Å²) in [4.78, 5) is 1.42. The number of benzene rings is 1. The van der Waals surface area contributed by atoms with E-state index in [1.165, 1.54) is 0 Å². The Morgan fingerprint density at radius 3 is 2.62 bits per heavy atom. The van der Waals surface area contributed by atoms with E-state index in [4.69, 9.17) is 4.74 Å². The molecule has 3 rings (SSSR count). The van der Waals surface area contributed by atoms with Crippen molar-refractivity contribution in [2.75, 3.05) is 32.8 Å². The van der Waals surface area contributed by atoms with Gasteiger partial charge in [0.15, 0.2) is 0 Å². The topological polar surface area (TPSA) is 63.6 Å². The Bertz CT molecular complexity index is 864. The van der Waals surface area contributed by atoms with Crippen LogP contribution < -0.4 is 4.72 Å². The molecule has 6 nitrogen and oxygen atoms in total. The van der Waals surface area contributed by atoms with Gasteiger partial charge in [-0.05, 0) is 30.3 Å². The second-order valence-electron chi connectivity index (χ2n) is 6.13. The van der Waals surface area contributed by atoms with E-state index in [1.807, 2.05) is 29.9 Å². The summed E-state index contributed by atoms with van der Waals surface area (Å²) in [5.74, 6) is -1.79. The molecule has 0 radical (unpaired) electrons. The van der Waals surface area contributed by atoms with Gasteiger partial charge in [-0.25, -0.2) is 21.9 Å². The average Bonchev–Trinajstić information content (AvgIpc) is 3.04. The molecule has 1 aliphatic heterocycles. The Hall–Kier alpha value is -1.81. The third kappa shape index (κ3) is 4.12. The van der Waals surface area contributed by atoms with Gasteiger partial charge >= 0.3 is 0 Å². The summed E-state index contributed by atoms with van der Waals surface area (Å²) in [5, 5.41) is 0. The molecule has 9 heteroatoms. The number of hydrogen-bond donors (Lipinski definition) is 1. The highest BCUT2D eigenvalue weighted by Crippen LogP contribution is 2.23. The first-order valence-corrected chi connectivity index (χ1v) is 9.74. The van der Waals surface area contributed by atoms with Crippen molar-refractivity contribution in [3.05, 3.63) is 53.9 Å². The molecule has 1 aliphatic rings. The minimum atomic E-state index is -4.18. The highest BCUT2D eigenvalue weighted by atomic mass is 32.2. The Balaban J connectivity index is 1.83. The van der Waals surface area contributed by atoms with E-state index in [0.717, 1.165) is 17.8 Å². The first-order valence-electron chi connectivity index (χ1n) is 8.26. The summed E-state index contributed by atoms with van der Waals surface area (Å²) in [6.07, 6.45) is 1.88. The normalized spacial score (nSPS) is 17.3. The van der Waals surface area contributed by atoms with Gasteiger partial charge in [-0.15, -0.1) is 0 Å². The van der Waals surface area contributed by atoms with E-state index >= 15 is 0 Å². The molecule has 1 saturated heterocycles. The van der Waals surface area contributed by atoms with Gasteiger partial charge in [0.25, 0.3) is 0 Å². The summed E-state index contributed by atoms with van der Waals surface area (Å²) in [6, 6.07) is 5.92. The fourth-order valence-electron chi connectivity index (χ4n) is 3.08. The van der Waals surface area contributed by atoms with Crippen LogP contribution in [0, 0.1) is 11.6 Å².